The number of nitrogens with zero attached hydrogens (tertiary/aromatic N) is 1. The van der Waals surface area contributed by atoms with E-state index in [1.54, 1.807) is 0 Å². The Kier molecular flexibility index (Phi) is 3.48. The minimum atomic E-state index is 0.749. The van der Waals surface area contributed by atoms with E-state index in [4.69, 9.17) is 0 Å². The first kappa shape index (κ1) is 12.9. The van der Waals surface area contributed by atoms with Crippen molar-refractivity contribution in [2.24, 2.45) is 11.8 Å². The highest BCUT2D eigenvalue weighted by Crippen LogP contribution is 2.35. The van der Waals surface area contributed by atoms with Crippen LogP contribution in [-0.2, 0) is 12.8 Å². The first-order valence-corrected chi connectivity index (χ1v) is 7.76. The molecule has 19 heavy (non-hydrogen) atoms. The number of aromatic amines is 1. The predicted octanol–water partition coefficient (Wildman–Crippen LogP) is 4.60. The molecule has 1 heterocycles. The second kappa shape index (κ2) is 5.12. The Labute approximate surface area is 122 Å². The summed E-state index contributed by atoms with van der Waals surface area (Å²) in [6.07, 6.45) is 3.58. The van der Waals surface area contributed by atoms with E-state index in [9.17, 15) is 0 Å². The Hall–Kier alpha value is -1.09. The molecule has 100 valence electrons. The molecule has 0 saturated heterocycles. The normalized spacial score (nSPS) is 18.6. The zero-order valence-corrected chi connectivity index (χ0v) is 13.0. The lowest BCUT2D eigenvalue weighted by Crippen LogP contribution is -2.18. The molecule has 3 rings (SSSR count). The van der Waals surface area contributed by atoms with Crippen LogP contribution in [0.1, 0.15) is 31.5 Å². The monoisotopic (exact) mass is 318 g/mol. The molecule has 1 atom stereocenters. The maximum Gasteiger partial charge on any atom is 0.0955 e. The van der Waals surface area contributed by atoms with Gasteiger partial charge in [-0.3, -0.25) is 5.10 Å². The standard InChI is InChI=1S/C16H19BrN2/c1-10(2)11-6-7-15-14(9-11)16(19-18-15)12-4-3-5-13(17)8-12/h3-5,8,10-11H,6-7,9H2,1-2H3,(H,18,19). The van der Waals surface area contributed by atoms with Gasteiger partial charge in [0.2, 0.25) is 0 Å². The zero-order chi connectivity index (χ0) is 13.4. The van der Waals surface area contributed by atoms with E-state index in [1.165, 1.54) is 23.2 Å². The first-order valence-electron chi connectivity index (χ1n) is 6.97. The van der Waals surface area contributed by atoms with Crippen LogP contribution in [0.2, 0.25) is 0 Å². The lowest BCUT2D eigenvalue weighted by atomic mass is 9.79. The molecule has 2 nitrogen and oxygen atoms in total. The van der Waals surface area contributed by atoms with Crippen LogP contribution >= 0.6 is 15.9 Å². The topological polar surface area (TPSA) is 28.7 Å². The molecule has 3 heteroatoms. The number of halogens is 1. The SMILES string of the molecule is CC(C)C1CCc2[nH]nc(-c3cccc(Br)c3)c2C1. The molecule has 1 aliphatic rings. The molecule has 0 radical (unpaired) electrons. The van der Waals surface area contributed by atoms with Crippen molar-refractivity contribution in [1.29, 1.82) is 0 Å². The lowest BCUT2D eigenvalue weighted by molar-refractivity contribution is 0.342. The van der Waals surface area contributed by atoms with Crippen molar-refractivity contribution in [3.8, 4) is 11.3 Å². The predicted molar refractivity (Wildman–Crippen MR) is 82.1 cm³/mol. The van der Waals surface area contributed by atoms with Gasteiger partial charge in [0.25, 0.3) is 0 Å². The van der Waals surface area contributed by atoms with Crippen molar-refractivity contribution in [2.75, 3.05) is 0 Å². The van der Waals surface area contributed by atoms with Crippen LogP contribution < -0.4 is 0 Å². The summed E-state index contributed by atoms with van der Waals surface area (Å²) in [6, 6.07) is 8.42. The van der Waals surface area contributed by atoms with Gasteiger partial charge >= 0.3 is 0 Å². The average molecular weight is 319 g/mol. The minimum absolute atomic E-state index is 0.749. The smallest absolute Gasteiger partial charge is 0.0955 e. The molecule has 1 unspecified atom stereocenters. The molecule has 0 saturated carbocycles. The third-order valence-electron chi connectivity index (χ3n) is 4.23. The van der Waals surface area contributed by atoms with E-state index in [2.05, 4.69) is 64.2 Å². The van der Waals surface area contributed by atoms with Crippen LogP contribution in [0, 0.1) is 11.8 Å². The highest BCUT2D eigenvalue weighted by atomic mass is 79.9. The summed E-state index contributed by atoms with van der Waals surface area (Å²) < 4.78 is 1.11. The Morgan fingerprint density at radius 3 is 2.95 bits per heavy atom. The van der Waals surface area contributed by atoms with Crippen LogP contribution in [-0.4, -0.2) is 10.2 Å². The number of benzene rings is 1. The molecule has 0 amide bonds. The van der Waals surface area contributed by atoms with Crippen molar-refractivity contribution >= 4 is 15.9 Å². The van der Waals surface area contributed by atoms with Crippen molar-refractivity contribution in [1.82, 2.24) is 10.2 Å². The Morgan fingerprint density at radius 2 is 2.21 bits per heavy atom. The molecule has 0 aliphatic heterocycles. The average Bonchev–Trinajstić information content (AvgIpc) is 2.81. The van der Waals surface area contributed by atoms with Gasteiger partial charge in [-0.25, -0.2) is 0 Å². The Balaban J connectivity index is 1.99. The molecule has 1 aromatic carbocycles. The highest BCUT2D eigenvalue weighted by Gasteiger charge is 2.25. The van der Waals surface area contributed by atoms with Crippen molar-refractivity contribution in [2.45, 2.75) is 33.1 Å². The van der Waals surface area contributed by atoms with Crippen molar-refractivity contribution < 1.29 is 0 Å². The van der Waals surface area contributed by atoms with Gasteiger partial charge in [0.15, 0.2) is 0 Å². The fraction of sp³-hybridized carbons (Fsp3) is 0.438. The third-order valence-corrected chi connectivity index (χ3v) is 4.72. The van der Waals surface area contributed by atoms with Gasteiger partial charge in [0.05, 0.1) is 5.69 Å². The van der Waals surface area contributed by atoms with Gasteiger partial charge < -0.3 is 0 Å². The summed E-state index contributed by atoms with van der Waals surface area (Å²) in [5.74, 6) is 1.54. The number of H-pyrrole nitrogens is 1. The molecule has 1 aliphatic carbocycles. The minimum Gasteiger partial charge on any atom is -0.282 e. The number of fused-ring (bicyclic) bond motifs is 1. The van der Waals surface area contributed by atoms with Gasteiger partial charge in [-0.2, -0.15) is 5.10 Å². The first-order chi connectivity index (χ1) is 9.15. The second-order valence-corrected chi connectivity index (χ2v) is 6.70. The molecule has 0 spiro atoms. The Morgan fingerprint density at radius 1 is 1.37 bits per heavy atom. The summed E-state index contributed by atoms with van der Waals surface area (Å²) >= 11 is 3.54. The quantitative estimate of drug-likeness (QED) is 0.861. The number of hydrogen-bond donors (Lipinski definition) is 1. The number of aromatic nitrogens is 2. The summed E-state index contributed by atoms with van der Waals surface area (Å²) in [5.41, 5.74) is 5.12. The molecule has 1 aromatic heterocycles. The maximum absolute atomic E-state index is 4.56. The number of aryl methyl sites for hydroxylation is 1. The van der Waals surface area contributed by atoms with E-state index >= 15 is 0 Å². The lowest BCUT2D eigenvalue weighted by Gasteiger charge is -2.25. The van der Waals surface area contributed by atoms with E-state index in [0.29, 0.717) is 0 Å². The van der Waals surface area contributed by atoms with Crippen LogP contribution in [0.4, 0.5) is 0 Å². The molecule has 1 N–H and O–H groups in total. The van der Waals surface area contributed by atoms with Gasteiger partial charge in [-0.1, -0.05) is 41.9 Å². The number of hydrogen-bond acceptors (Lipinski definition) is 1. The summed E-state index contributed by atoms with van der Waals surface area (Å²) in [6.45, 7) is 4.66. The van der Waals surface area contributed by atoms with Crippen LogP contribution in [0.25, 0.3) is 11.3 Å². The van der Waals surface area contributed by atoms with Gasteiger partial charge in [0.1, 0.15) is 0 Å². The molecule has 2 aromatic rings. The summed E-state index contributed by atoms with van der Waals surface area (Å²) in [4.78, 5) is 0. The molecular weight excluding hydrogens is 300 g/mol. The van der Waals surface area contributed by atoms with Crippen LogP contribution in [0.5, 0.6) is 0 Å². The van der Waals surface area contributed by atoms with Crippen LogP contribution in [0.3, 0.4) is 0 Å². The largest absolute Gasteiger partial charge is 0.282 e. The summed E-state index contributed by atoms with van der Waals surface area (Å²) in [7, 11) is 0. The fourth-order valence-corrected chi connectivity index (χ4v) is 3.36. The Bertz CT molecular complexity index is 586. The van der Waals surface area contributed by atoms with Gasteiger partial charge in [-0.05, 0) is 43.2 Å². The molecule has 0 bridgehead atoms. The second-order valence-electron chi connectivity index (χ2n) is 5.79. The third kappa shape index (κ3) is 2.48. The fourth-order valence-electron chi connectivity index (χ4n) is 2.97. The maximum atomic E-state index is 4.56. The molecular formula is C16H19BrN2. The zero-order valence-electron chi connectivity index (χ0n) is 11.4. The van der Waals surface area contributed by atoms with Crippen molar-refractivity contribution in [3.05, 3.63) is 40.0 Å². The van der Waals surface area contributed by atoms with E-state index < -0.39 is 0 Å². The van der Waals surface area contributed by atoms with Gasteiger partial charge in [-0.15, -0.1) is 0 Å². The highest BCUT2D eigenvalue weighted by molar-refractivity contribution is 9.10. The van der Waals surface area contributed by atoms with E-state index in [0.717, 1.165) is 34.8 Å². The van der Waals surface area contributed by atoms with Crippen LogP contribution in [0.15, 0.2) is 28.7 Å². The van der Waals surface area contributed by atoms with Gasteiger partial charge in [0, 0.05) is 21.3 Å². The van der Waals surface area contributed by atoms with E-state index in [1.807, 2.05) is 0 Å². The number of nitrogens with one attached hydrogen (secondary N) is 1. The van der Waals surface area contributed by atoms with E-state index in [-0.39, 0.29) is 0 Å². The number of rotatable bonds is 2. The van der Waals surface area contributed by atoms with Crippen molar-refractivity contribution in [3.63, 3.8) is 0 Å². The summed E-state index contributed by atoms with van der Waals surface area (Å²) in [5, 5.41) is 7.80. The molecule has 0 fully saturated rings.